The van der Waals surface area contributed by atoms with Crippen molar-refractivity contribution in [3.05, 3.63) is 0 Å². The maximum absolute atomic E-state index is 12.3. The van der Waals surface area contributed by atoms with E-state index in [-0.39, 0.29) is 24.0 Å². The van der Waals surface area contributed by atoms with Gasteiger partial charge in [-0.25, -0.2) is 4.79 Å². The molecule has 18 heavy (non-hydrogen) atoms. The Hall–Kier alpha value is -1.06. The van der Waals surface area contributed by atoms with Gasteiger partial charge in [-0.05, 0) is 33.6 Å². The molecule has 0 unspecified atom stereocenters. The van der Waals surface area contributed by atoms with Gasteiger partial charge in [-0.1, -0.05) is 13.8 Å². The number of piperidine rings is 1. The number of carbonyl (C=O) groups excluding carboxylic acids is 2. The summed E-state index contributed by atoms with van der Waals surface area (Å²) < 4.78 is 5.45. The van der Waals surface area contributed by atoms with Gasteiger partial charge < -0.3 is 9.64 Å². The van der Waals surface area contributed by atoms with E-state index in [1.165, 1.54) is 0 Å². The molecule has 1 saturated heterocycles. The Labute approximate surface area is 110 Å². The molecule has 4 nitrogen and oxygen atoms in total. The molecule has 0 aromatic carbocycles. The Morgan fingerprint density at radius 2 is 1.67 bits per heavy atom. The van der Waals surface area contributed by atoms with Crippen LogP contribution in [0.5, 0.6) is 0 Å². The number of rotatable bonds is 2. The second-order valence-corrected chi connectivity index (χ2v) is 5.96. The van der Waals surface area contributed by atoms with Crippen LogP contribution in [0.3, 0.4) is 0 Å². The van der Waals surface area contributed by atoms with Crippen LogP contribution in [0.15, 0.2) is 0 Å². The van der Waals surface area contributed by atoms with Crippen LogP contribution >= 0.6 is 0 Å². The third kappa shape index (κ3) is 3.72. The topological polar surface area (TPSA) is 46.6 Å². The van der Waals surface area contributed by atoms with Crippen LogP contribution < -0.4 is 0 Å². The Kier molecular flexibility index (Phi) is 4.77. The molecule has 1 aliphatic heterocycles. The average molecular weight is 255 g/mol. The summed E-state index contributed by atoms with van der Waals surface area (Å²) in [7, 11) is 0. The molecule has 0 N–H and O–H groups in total. The number of ether oxygens (including phenoxy) is 1. The van der Waals surface area contributed by atoms with E-state index in [0.717, 1.165) is 12.8 Å². The van der Waals surface area contributed by atoms with Gasteiger partial charge >= 0.3 is 6.09 Å². The van der Waals surface area contributed by atoms with Crippen molar-refractivity contribution in [3.8, 4) is 0 Å². The van der Waals surface area contributed by atoms with Crippen LogP contribution in [0.1, 0.15) is 60.3 Å². The van der Waals surface area contributed by atoms with Crippen molar-refractivity contribution >= 4 is 11.9 Å². The second-order valence-electron chi connectivity index (χ2n) is 5.96. The van der Waals surface area contributed by atoms with Crippen molar-refractivity contribution in [2.75, 3.05) is 0 Å². The molecule has 1 amide bonds. The normalized spacial score (nSPS) is 25.2. The van der Waals surface area contributed by atoms with E-state index in [1.807, 2.05) is 34.6 Å². The molecule has 2 atom stereocenters. The molecule has 1 fully saturated rings. The molecule has 0 aliphatic carbocycles. The maximum atomic E-state index is 12.3. The third-order valence-corrected chi connectivity index (χ3v) is 3.26. The van der Waals surface area contributed by atoms with Gasteiger partial charge in [0.15, 0.2) is 0 Å². The van der Waals surface area contributed by atoms with Crippen molar-refractivity contribution in [3.63, 3.8) is 0 Å². The van der Waals surface area contributed by atoms with Gasteiger partial charge in [-0.15, -0.1) is 0 Å². The molecular formula is C14H25NO3. The van der Waals surface area contributed by atoms with E-state index >= 15 is 0 Å². The smallest absolute Gasteiger partial charge is 0.410 e. The van der Waals surface area contributed by atoms with Crippen LogP contribution in [-0.2, 0) is 9.53 Å². The molecule has 0 bridgehead atoms. The fraction of sp³-hybridized carbons (Fsp3) is 0.857. The lowest BCUT2D eigenvalue weighted by molar-refractivity contribution is -0.125. The molecular weight excluding hydrogens is 230 g/mol. The van der Waals surface area contributed by atoms with E-state index in [1.54, 1.807) is 4.90 Å². The number of carbonyl (C=O) groups is 2. The molecule has 0 saturated carbocycles. The number of amides is 1. The van der Waals surface area contributed by atoms with Gasteiger partial charge in [0.2, 0.25) is 0 Å². The van der Waals surface area contributed by atoms with E-state index in [9.17, 15) is 9.59 Å². The fourth-order valence-electron chi connectivity index (χ4n) is 2.40. The van der Waals surface area contributed by atoms with Crippen LogP contribution in [0.25, 0.3) is 0 Å². The lowest BCUT2D eigenvalue weighted by Crippen LogP contribution is -2.53. The molecule has 1 heterocycles. The number of hydrogen-bond donors (Lipinski definition) is 0. The van der Waals surface area contributed by atoms with Gasteiger partial charge in [-0.2, -0.15) is 0 Å². The molecule has 104 valence electrons. The third-order valence-electron chi connectivity index (χ3n) is 3.26. The first-order chi connectivity index (χ1) is 8.28. The number of nitrogens with zero attached hydrogens (tertiary/aromatic N) is 1. The van der Waals surface area contributed by atoms with Gasteiger partial charge in [-0.3, -0.25) is 4.79 Å². The predicted octanol–water partition coefficient (Wildman–Crippen LogP) is 3.14. The first-order valence-electron chi connectivity index (χ1n) is 6.81. The summed E-state index contributed by atoms with van der Waals surface area (Å²) in [6, 6.07) is -0.0166. The SMILES string of the molecule is CC[C@@H]1CC(=O)C[C@H](CC)N1C(=O)OC(C)(C)C. The number of likely N-dealkylation sites (tertiary alicyclic amines) is 1. The van der Waals surface area contributed by atoms with Crippen molar-refractivity contribution in [2.45, 2.75) is 78.0 Å². The first-order valence-corrected chi connectivity index (χ1v) is 6.81. The van der Waals surface area contributed by atoms with E-state index < -0.39 is 5.60 Å². The zero-order valence-corrected chi connectivity index (χ0v) is 12.2. The Morgan fingerprint density at radius 3 is 2.00 bits per heavy atom. The van der Waals surface area contributed by atoms with Gasteiger partial charge in [0.05, 0.1) is 0 Å². The monoisotopic (exact) mass is 255 g/mol. The average Bonchev–Trinajstić information content (AvgIpc) is 2.24. The zero-order valence-electron chi connectivity index (χ0n) is 12.2. The van der Waals surface area contributed by atoms with E-state index in [0.29, 0.717) is 12.8 Å². The fourth-order valence-corrected chi connectivity index (χ4v) is 2.40. The molecule has 0 aromatic heterocycles. The van der Waals surface area contributed by atoms with Crippen LogP contribution in [0.2, 0.25) is 0 Å². The highest BCUT2D eigenvalue weighted by Gasteiger charge is 2.38. The molecule has 1 aliphatic rings. The summed E-state index contributed by atoms with van der Waals surface area (Å²) in [6.45, 7) is 9.60. The summed E-state index contributed by atoms with van der Waals surface area (Å²) in [6.07, 6.45) is 2.23. The molecule has 0 aromatic rings. The molecule has 0 radical (unpaired) electrons. The summed E-state index contributed by atoms with van der Waals surface area (Å²) >= 11 is 0. The largest absolute Gasteiger partial charge is 0.444 e. The van der Waals surface area contributed by atoms with Crippen LogP contribution in [0, 0.1) is 0 Å². The summed E-state index contributed by atoms with van der Waals surface area (Å²) in [5, 5.41) is 0. The van der Waals surface area contributed by atoms with Crippen molar-refractivity contribution in [1.29, 1.82) is 0 Å². The minimum atomic E-state index is -0.491. The van der Waals surface area contributed by atoms with Crippen molar-refractivity contribution in [2.24, 2.45) is 0 Å². The second kappa shape index (κ2) is 5.72. The standard InChI is InChI=1S/C14H25NO3/c1-6-10-8-12(16)9-11(7-2)15(10)13(17)18-14(3,4)5/h10-11H,6-9H2,1-5H3/t10-,11+. The van der Waals surface area contributed by atoms with Gasteiger partial charge in [0.1, 0.15) is 11.4 Å². The minimum absolute atomic E-state index is 0.00829. The number of hydrogen-bond acceptors (Lipinski definition) is 3. The summed E-state index contributed by atoms with van der Waals surface area (Å²) in [5.74, 6) is 0.258. The lowest BCUT2D eigenvalue weighted by atomic mass is 9.92. The highest BCUT2D eigenvalue weighted by atomic mass is 16.6. The van der Waals surface area contributed by atoms with Gasteiger partial charge in [0, 0.05) is 24.9 Å². The predicted molar refractivity (Wildman–Crippen MR) is 70.5 cm³/mol. The number of Topliss-reactive ketones (excluding diaryl/α,β-unsaturated/α-hetero) is 1. The lowest BCUT2D eigenvalue weighted by Gasteiger charge is -2.41. The summed E-state index contributed by atoms with van der Waals surface area (Å²) in [4.78, 5) is 25.7. The maximum Gasteiger partial charge on any atom is 0.410 e. The summed E-state index contributed by atoms with van der Waals surface area (Å²) in [5.41, 5.74) is -0.491. The highest BCUT2D eigenvalue weighted by molar-refractivity contribution is 5.83. The Bertz CT molecular complexity index is 303. The molecule has 4 heteroatoms. The molecule has 0 spiro atoms. The van der Waals surface area contributed by atoms with E-state index in [2.05, 4.69) is 0 Å². The van der Waals surface area contributed by atoms with Crippen molar-refractivity contribution in [1.82, 2.24) is 4.90 Å². The van der Waals surface area contributed by atoms with E-state index in [4.69, 9.17) is 4.74 Å². The quantitative estimate of drug-likeness (QED) is 0.761. The van der Waals surface area contributed by atoms with Gasteiger partial charge in [0.25, 0.3) is 0 Å². The Balaban J connectivity index is 2.86. The van der Waals surface area contributed by atoms with Crippen molar-refractivity contribution < 1.29 is 14.3 Å². The van der Waals surface area contributed by atoms with Crippen LogP contribution in [-0.4, -0.2) is 34.5 Å². The number of ketones is 1. The minimum Gasteiger partial charge on any atom is -0.444 e. The first kappa shape index (κ1) is 15.0. The zero-order chi connectivity index (χ0) is 13.9. The molecule has 1 rings (SSSR count). The Morgan fingerprint density at radius 1 is 1.22 bits per heavy atom. The highest BCUT2D eigenvalue weighted by Crippen LogP contribution is 2.26. The van der Waals surface area contributed by atoms with Crippen LogP contribution in [0.4, 0.5) is 4.79 Å².